The van der Waals surface area contributed by atoms with Gasteiger partial charge in [-0.05, 0) is 75.1 Å². The summed E-state index contributed by atoms with van der Waals surface area (Å²) in [5, 5.41) is 3.08. The van der Waals surface area contributed by atoms with Gasteiger partial charge in [-0.15, -0.1) is 0 Å². The lowest BCUT2D eigenvalue weighted by molar-refractivity contribution is -0.138. The average molecular weight is 451 g/mol. The number of nitrogens with one attached hydrogen (secondary N) is 2. The van der Waals surface area contributed by atoms with E-state index >= 15 is 0 Å². The van der Waals surface area contributed by atoms with Crippen LogP contribution in [-0.4, -0.2) is 38.8 Å². The Morgan fingerprint density at radius 2 is 1.77 bits per heavy atom. The molecule has 2 N–H and O–H groups in total. The Hall–Kier alpha value is -1.86. The van der Waals surface area contributed by atoms with Crippen LogP contribution < -0.4 is 10.0 Å². The lowest BCUT2D eigenvalue weighted by Crippen LogP contribution is -2.41. The van der Waals surface area contributed by atoms with E-state index in [0.717, 1.165) is 49.9 Å². The molecule has 1 saturated carbocycles. The summed E-state index contributed by atoms with van der Waals surface area (Å²) in [5.41, 5.74) is 1.99. The molecule has 0 amide bonds. The van der Waals surface area contributed by atoms with E-state index in [0.29, 0.717) is 18.4 Å². The summed E-state index contributed by atoms with van der Waals surface area (Å²) in [6.07, 6.45) is 8.02. The van der Waals surface area contributed by atoms with E-state index in [9.17, 15) is 13.2 Å². The second kappa shape index (κ2) is 12.2. The summed E-state index contributed by atoms with van der Waals surface area (Å²) >= 11 is 0. The van der Waals surface area contributed by atoms with Crippen LogP contribution in [0, 0.1) is 11.8 Å². The minimum Gasteiger partial charge on any atom is -0.462 e. The molecule has 7 heteroatoms. The van der Waals surface area contributed by atoms with Crippen molar-refractivity contribution in [3.8, 4) is 0 Å². The molecule has 0 heterocycles. The normalized spacial score (nSPS) is 20.7. The fraction of sp³-hybridized carbons (Fsp3) is 0.625. The minimum absolute atomic E-state index is 0.0617. The third kappa shape index (κ3) is 9.03. The molecule has 1 aliphatic carbocycles. The number of ether oxygens (including phenoxy) is 1. The van der Waals surface area contributed by atoms with Gasteiger partial charge >= 0.3 is 5.97 Å². The summed E-state index contributed by atoms with van der Waals surface area (Å²) in [5.74, 6) is 0.607. The standard InChI is InChI=1S/C24H38N2O4S/c1-5-19(4)17-30-24(27)15-10-20-6-11-22(12-7-20)25-16-21-8-13-23(14-9-21)26-31(28,29)18(2)3/h6-7,10-12,15,18-19,21,23,25-26H,5,8-9,13-14,16-17H2,1-4H3/b15-10+. The van der Waals surface area contributed by atoms with Crippen molar-refractivity contribution in [1.29, 1.82) is 0 Å². The zero-order chi connectivity index (χ0) is 22.9. The van der Waals surface area contributed by atoms with Crippen LogP contribution in [0.15, 0.2) is 30.3 Å². The molecule has 0 aliphatic heterocycles. The van der Waals surface area contributed by atoms with Crippen LogP contribution in [0.1, 0.15) is 65.4 Å². The number of esters is 1. The highest BCUT2D eigenvalue weighted by molar-refractivity contribution is 7.90. The Morgan fingerprint density at radius 3 is 2.35 bits per heavy atom. The smallest absolute Gasteiger partial charge is 0.330 e. The lowest BCUT2D eigenvalue weighted by atomic mass is 9.86. The molecule has 1 atom stereocenters. The quantitative estimate of drug-likeness (QED) is 0.381. The number of benzene rings is 1. The molecule has 0 radical (unpaired) electrons. The lowest BCUT2D eigenvalue weighted by Gasteiger charge is -2.29. The van der Waals surface area contributed by atoms with Crippen LogP contribution in [0.25, 0.3) is 6.08 Å². The van der Waals surface area contributed by atoms with Crippen molar-refractivity contribution in [2.45, 2.75) is 71.1 Å². The number of carbonyl (C=O) groups excluding carboxylic acids is 1. The van der Waals surface area contributed by atoms with Gasteiger partial charge < -0.3 is 10.1 Å². The Balaban J connectivity index is 1.72. The van der Waals surface area contributed by atoms with Gasteiger partial charge in [0.2, 0.25) is 10.0 Å². The van der Waals surface area contributed by atoms with Crippen LogP contribution in [0.5, 0.6) is 0 Å². The molecule has 31 heavy (non-hydrogen) atoms. The van der Waals surface area contributed by atoms with E-state index < -0.39 is 10.0 Å². The highest BCUT2D eigenvalue weighted by atomic mass is 32.2. The maximum Gasteiger partial charge on any atom is 0.330 e. The van der Waals surface area contributed by atoms with Gasteiger partial charge in [0.05, 0.1) is 11.9 Å². The Kier molecular flexibility index (Phi) is 10.0. The maximum atomic E-state index is 12.0. The molecule has 0 aromatic heterocycles. The van der Waals surface area contributed by atoms with Crippen molar-refractivity contribution < 1.29 is 17.9 Å². The molecule has 174 valence electrons. The highest BCUT2D eigenvalue weighted by Crippen LogP contribution is 2.25. The van der Waals surface area contributed by atoms with Crippen LogP contribution in [0.2, 0.25) is 0 Å². The Bertz CT molecular complexity index is 810. The zero-order valence-corrected chi connectivity index (χ0v) is 20.1. The van der Waals surface area contributed by atoms with Gasteiger partial charge in [-0.2, -0.15) is 0 Å². The first kappa shape index (κ1) is 25.4. The summed E-state index contributed by atoms with van der Waals surface area (Å²) < 4.78 is 32.1. The number of anilines is 1. The van der Waals surface area contributed by atoms with Gasteiger partial charge in [0.1, 0.15) is 0 Å². The average Bonchev–Trinajstić information content (AvgIpc) is 2.75. The SMILES string of the molecule is CCC(C)COC(=O)/C=C/c1ccc(NCC2CCC(NS(=O)(=O)C(C)C)CC2)cc1. The molecule has 0 bridgehead atoms. The molecule has 1 fully saturated rings. The van der Waals surface area contributed by atoms with Gasteiger partial charge in [-0.1, -0.05) is 32.4 Å². The summed E-state index contributed by atoms with van der Waals surface area (Å²) in [6, 6.07) is 8.02. The summed E-state index contributed by atoms with van der Waals surface area (Å²) in [6.45, 7) is 8.88. The second-order valence-electron chi connectivity index (χ2n) is 8.91. The molecular formula is C24H38N2O4S. The van der Waals surface area contributed by atoms with Crippen LogP contribution >= 0.6 is 0 Å². The van der Waals surface area contributed by atoms with E-state index in [1.165, 1.54) is 6.08 Å². The van der Waals surface area contributed by atoms with E-state index in [-0.39, 0.29) is 17.3 Å². The van der Waals surface area contributed by atoms with Gasteiger partial charge in [0.15, 0.2) is 0 Å². The molecular weight excluding hydrogens is 412 g/mol. The summed E-state index contributed by atoms with van der Waals surface area (Å²) in [4.78, 5) is 11.8. The molecule has 1 unspecified atom stereocenters. The van der Waals surface area contributed by atoms with Crippen molar-refractivity contribution >= 4 is 27.8 Å². The maximum absolute atomic E-state index is 12.0. The topological polar surface area (TPSA) is 84.5 Å². The second-order valence-corrected chi connectivity index (χ2v) is 11.2. The van der Waals surface area contributed by atoms with E-state index in [4.69, 9.17) is 4.74 Å². The van der Waals surface area contributed by atoms with Crippen molar-refractivity contribution in [2.24, 2.45) is 11.8 Å². The number of carbonyl (C=O) groups is 1. The number of rotatable bonds is 11. The molecule has 0 saturated heterocycles. The van der Waals surface area contributed by atoms with Crippen molar-refractivity contribution in [1.82, 2.24) is 4.72 Å². The van der Waals surface area contributed by atoms with E-state index in [1.54, 1.807) is 19.9 Å². The molecule has 1 aromatic carbocycles. The first-order valence-corrected chi connectivity index (χ1v) is 12.9. The van der Waals surface area contributed by atoms with Gasteiger partial charge in [-0.25, -0.2) is 17.9 Å². The fourth-order valence-corrected chi connectivity index (χ4v) is 4.35. The number of hydrogen-bond donors (Lipinski definition) is 2. The Labute approximate surface area is 187 Å². The first-order chi connectivity index (χ1) is 14.7. The molecule has 0 spiro atoms. The van der Waals surface area contributed by atoms with Crippen molar-refractivity contribution in [3.05, 3.63) is 35.9 Å². The minimum atomic E-state index is -3.19. The van der Waals surface area contributed by atoms with E-state index in [1.807, 2.05) is 24.3 Å². The zero-order valence-electron chi connectivity index (χ0n) is 19.3. The van der Waals surface area contributed by atoms with E-state index in [2.05, 4.69) is 23.9 Å². The monoisotopic (exact) mass is 450 g/mol. The predicted molar refractivity (Wildman–Crippen MR) is 127 cm³/mol. The van der Waals surface area contributed by atoms with Crippen LogP contribution in [0.4, 0.5) is 5.69 Å². The van der Waals surface area contributed by atoms with Crippen molar-refractivity contribution in [3.63, 3.8) is 0 Å². The molecule has 2 rings (SSSR count). The largest absolute Gasteiger partial charge is 0.462 e. The fourth-order valence-electron chi connectivity index (χ4n) is 3.38. The van der Waals surface area contributed by atoms with Gasteiger partial charge in [0, 0.05) is 24.4 Å². The summed E-state index contributed by atoms with van der Waals surface area (Å²) in [7, 11) is -3.19. The molecule has 6 nitrogen and oxygen atoms in total. The van der Waals surface area contributed by atoms with Crippen LogP contribution in [-0.2, 0) is 19.6 Å². The third-order valence-corrected chi connectivity index (χ3v) is 7.83. The van der Waals surface area contributed by atoms with Gasteiger partial charge in [0.25, 0.3) is 0 Å². The first-order valence-electron chi connectivity index (χ1n) is 11.4. The van der Waals surface area contributed by atoms with Crippen molar-refractivity contribution in [2.75, 3.05) is 18.5 Å². The van der Waals surface area contributed by atoms with Gasteiger partial charge in [-0.3, -0.25) is 0 Å². The molecule has 1 aliphatic rings. The highest BCUT2D eigenvalue weighted by Gasteiger charge is 2.26. The molecule has 1 aromatic rings. The van der Waals surface area contributed by atoms with Crippen LogP contribution in [0.3, 0.4) is 0 Å². The predicted octanol–water partition coefficient (Wildman–Crippen LogP) is 4.59. The number of sulfonamides is 1. The third-order valence-electron chi connectivity index (χ3n) is 5.92. The Morgan fingerprint density at radius 1 is 1.13 bits per heavy atom. The number of hydrogen-bond acceptors (Lipinski definition) is 5.